The highest BCUT2D eigenvalue weighted by Crippen LogP contribution is 2.30. The Morgan fingerprint density at radius 1 is 1.31 bits per heavy atom. The zero-order valence-electron chi connectivity index (χ0n) is 14.9. The third-order valence-electron chi connectivity index (χ3n) is 4.48. The van der Waals surface area contributed by atoms with E-state index in [9.17, 15) is 9.59 Å². The summed E-state index contributed by atoms with van der Waals surface area (Å²) in [4.78, 5) is 34.8. The molecule has 1 aliphatic rings. The summed E-state index contributed by atoms with van der Waals surface area (Å²) in [6.45, 7) is 2.57. The lowest BCUT2D eigenvalue weighted by Gasteiger charge is -2.22. The lowest BCUT2D eigenvalue weighted by Crippen LogP contribution is -2.29. The largest absolute Gasteiger partial charge is 0.496 e. The molecule has 3 rings (SSSR count). The van der Waals surface area contributed by atoms with Gasteiger partial charge in [0.25, 0.3) is 5.91 Å². The Morgan fingerprint density at radius 3 is 2.88 bits per heavy atom. The van der Waals surface area contributed by atoms with Gasteiger partial charge in [-0.05, 0) is 25.0 Å². The van der Waals surface area contributed by atoms with Crippen LogP contribution < -0.4 is 10.1 Å². The van der Waals surface area contributed by atoms with Crippen LogP contribution in [-0.2, 0) is 11.3 Å². The second-order valence-electron chi connectivity index (χ2n) is 6.19. The maximum atomic E-state index is 12.4. The Kier molecular flexibility index (Phi) is 5.46. The first-order valence-corrected chi connectivity index (χ1v) is 8.59. The van der Waals surface area contributed by atoms with E-state index in [1.807, 2.05) is 11.0 Å². The molecule has 0 spiro atoms. The van der Waals surface area contributed by atoms with E-state index in [1.165, 1.54) is 7.11 Å². The van der Waals surface area contributed by atoms with Crippen molar-refractivity contribution in [1.82, 2.24) is 20.2 Å². The Hall–Kier alpha value is -2.96. The van der Waals surface area contributed by atoms with Gasteiger partial charge in [-0.15, -0.1) is 0 Å². The van der Waals surface area contributed by atoms with Gasteiger partial charge in [-0.2, -0.15) is 0 Å². The number of hydrogen-bond donors (Lipinski definition) is 1. The van der Waals surface area contributed by atoms with Gasteiger partial charge >= 0.3 is 0 Å². The van der Waals surface area contributed by atoms with Crippen LogP contribution in [0, 0.1) is 0 Å². The molecule has 2 aromatic rings. The summed E-state index contributed by atoms with van der Waals surface area (Å²) in [5.74, 6) is 0.331. The highest BCUT2D eigenvalue weighted by atomic mass is 16.5. The van der Waals surface area contributed by atoms with Crippen LogP contribution in [-0.4, -0.2) is 40.3 Å². The van der Waals surface area contributed by atoms with Crippen LogP contribution in [0.2, 0.25) is 0 Å². The molecule has 1 atom stereocenters. The summed E-state index contributed by atoms with van der Waals surface area (Å²) >= 11 is 0. The Morgan fingerprint density at radius 2 is 2.12 bits per heavy atom. The SMILES string of the molecule is COc1ccccc1C(=O)NCc1cncc([C@H]2CCCN2C(C)=O)n1. The highest BCUT2D eigenvalue weighted by molar-refractivity contribution is 5.96. The van der Waals surface area contributed by atoms with Crippen molar-refractivity contribution in [3.8, 4) is 5.75 Å². The van der Waals surface area contributed by atoms with Crippen LogP contribution in [0.15, 0.2) is 36.7 Å². The van der Waals surface area contributed by atoms with E-state index in [4.69, 9.17) is 4.74 Å². The topological polar surface area (TPSA) is 84.4 Å². The molecule has 1 aromatic heterocycles. The lowest BCUT2D eigenvalue weighted by molar-refractivity contribution is -0.129. The van der Waals surface area contributed by atoms with Gasteiger partial charge in [0, 0.05) is 13.5 Å². The first-order chi connectivity index (χ1) is 12.6. The molecule has 0 unspecified atom stereocenters. The number of likely N-dealkylation sites (tertiary alicyclic amines) is 1. The number of hydrogen-bond acceptors (Lipinski definition) is 5. The zero-order chi connectivity index (χ0) is 18.5. The van der Waals surface area contributed by atoms with Crippen molar-refractivity contribution in [1.29, 1.82) is 0 Å². The van der Waals surface area contributed by atoms with E-state index in [1.54, 1.807) is 37.5 Å². The van der Waals surface area contributed by atoms with E-state index in [2.05, 4.69) is 15.3 Å². The van der Waals surface area contributed by atoms with E-state index in [-0.39, 0.29) is 24.4 Å². The summed E-state index contributed by atoms with van der Waals surface area (Å²) in [7, 11) is 1.53. The molecule has 1 fully saturated rings. The summed E-state index contributed by atoms with van der Waals surface area (Å²) < 4.78 is 5.21. The third kappa shape index (κ3) is 3.82. The van der Waals surface area contributed by atoms with E-state index >= 15 is 0 Å². The number of rotatable bonds is 5. The molecule has 1 saturated heterocycles. The van der Waals surface area contributed by atoms with Crippen LogP contribution in [0.5, 0.6) is 5.75 Å². The molecule has 136 valence electrons. The maximum absolute atomic E-state index is 12.4. The summed E-state index contributed by atoms with van der Waals surface area (Å²) in [5.41, 5.74) is 1.89. The van der Waals surface area contributed by atoms with Crippen molar-refractivity contribution >= 4 is 11.8 Å². The fourth-order valence-electron chi connectivity index (χ4n) is 3.22. The predicted octanol–water partition coefficient (Wildman–Crippen LogP) is 2.10. The molecule has 2 amide bonds. The molecule has 26 heavy (non-hydrogen) atoms. The number of methoxy groups -OCH3 is 1. The van der Waals surface area contributed by atoms with Gasteiger partial charge < -0.3 is 15.0 Å². The number of nitrogens with zero attached hydrogens (tertiary/aromatic N) is 3. The number of amides is 2. The standard InChI is InChI=1S/C19H22N4O3/c1-13(24)23-9-5-7-17(23)16-12-20-10-14(22-16)11-21-19(25)15-6-3-4-8-18(15)26-2/h3-4,6,8,10,12,17H,5,7,9,11H2,1-2H3,(H,21,25)/t17-/m1/s1. The molecule has 1 aliphatic heterocycles. The van der Waals surface area contributed by atoms with Crippen LogP contribution >= 0.6 is 0 Å². The number of benzene rings is 1. The van der Waals surface area contributed by atoms with Gasteiger partial charge in [-0.1, -0.05) is 12.1 Å². The van der Waals surface area contributed by atoms with Crippen molar-refractivity contribution in [2.24, 2.45) is 0 Å². The highest BCUT2D eigenvalue weighted by Gasteiger charge is 2.29. The lowest BCUT2D eigenvalue weighted by atomic mass is 10.1. The first-order valence-electron chi connectivity index (χ1n) is 8.59. The summed E-state index contributed by atoms with van der Waals surface area (Å²) in [6.07, 6.45) is 5.16. The molecule has 0 radical (unpaired) electrons. The third-order valence-corrected chi connectivity index (χ3v) is 4.48. The van der Waals surface area contributed by atoms with Gasteiger partial charge in [-0.3, -0.25) is 19.6 Å². The molecule has 0 bridgehead atoms. The van der Waals surface area contributed by atoms with Crippen molar-refractivity contribution in [2.75, 3.05) is 13.7 Å². The molecule has 0 aliphatic carbocycles. The van der Waals surface area contributed by atoms with Gasteiger partial charge in [0.1, 0.15) is 5.75 Å². The Balaban J connectivity index is 1.69. The normalized spacial score (nSPS) is 16.4. The molecular formula is C19H22N4O3. The maximum Gasteiger partial charge on any atom is 0.255 e. The second kappa shape index (κ2) is 7.95. The Bertz CT molecular complexity index is 809. The van der Waals surface area contributed by atoms with Crippen LogP contribution in [0.1, 0.15) is 47.6 Å². The first kappa shape index (κ1) is 17.8. The van der Waals surface area contributed by atoms with E-state index in [0.717, 1.165) is 25.1 Å². The minimum Gasteiger partial charge on any atom is -0.496 e. The van der Waals surface area contributed by atoms with E-state index < -0.39 is 0 Å². The quantitative estimate of drug-likeness (QED) is 0.889. The summed E-state index contributed by atoms with van der Waals surface area (Å²) in [5, 5.41) is 2.84. The number of nitrogens with one attached hydrogen (secondary N) is 1. The number of carbonyl (C=O) groups is 2. The monoisotopic (exact) mass is 354 g/mol. The molecule has 7 heteroatoms. The van der Waals surface area contributed by atoms with Gasteiger partial charge in [-0.25, -0.2) is 0 Å². The average molecular weight is 354 g/mol. The smallest absolute Gasteiger partial charge is 0.255 e. The fraction of sp³-hybridized carbons (Fsp3) is 0.368. The predicted molar refractivity (Wildman–Crippen MR) is 95.6 cm³/mol. The van der Waals surface area contributed by atoms with Crippen molar-refractivity contribution in [2.45, 2.75) is 32.4 Å². The van der Waals surface area contributed by atoms with E-state index in [0.29, 0.717) is 17.0 Å². The summed E-state index contributed by atoms with van der Waals surface area (Å²) in [6, 6.07) is 7.01. The number of para-hydroxylation sites is 1. The average Bonchev–Trinajstić information content (AvgIpc) is 3.16. The number of carbonyl (C=O) groups excluding carboxylic acids is 2. The van der Waals surface area contributed by atoms with Gasteiger partial charge in [0.2, 0.25) is 5.91 Å². The van der Waals surface area contributed by atoms with Crippen molar-refractivity contribution in [3.05, 3.63) is 53.6 Å². The minimum absolute atomic E-state index is 0.0372. The van der Waals surface area contributed by atoms with Crippen LogP contribution in [0.3, 0.4) is 0 Å². The fourth-order valence-corrected chi connectivity index (χ4v) is 3.22. The van der Waals surface area contributed by atoms with Crippen LogP contribution in [0.4, 0.5) is 0 Å². The molecular weight excluding hydrogens is 332 g/mol. The molecule has 7 nitrogen and oxygen atoms in total. The second-order valence-corrected chi connectivity index (χ2v) is 6.19. The number of ether oxygens (including phenoxy) is 1. The Labute approximate surface area is 152 Å². The van der Waals surface area contributed by atoms with Crippen LogP contribution in [0.25, 0.3) is 0 Å². The number of aromatic nitrogens is 2. The van der Waals surface area contributed by atoms with Crippen molar-refractivity contribution < 1.29 is 14.3 Å². The van der Waals surface area contributed by atoms with Gasteiger partial charge in [0.05, 0.1) is 49.0 Å². The molecule has 0 saturated carbocycles. The molecule has 1 aromatic carbocycles. The minimum atomic E-state index is -0.235. The van der Waals surface area contributed by atoms with Crippen molar-refractivity contribution in [3.63, 3.8) is 0 Å². The zero-order valence-corrected chi connectivity index (χ0v) is 14.9. The molecule has 2 heterocycles. The molecule has 1 N–H and O–H groups in total. The van der Waals surface area contributed by atoms with Gasteiger partial charge in [0.15, 0.2) is 0 Å².